The van der Waals surface area contributed by atoms with Gasteiger partial charge in [-0.1, -0.05) is 46.1 Å². The quantitative estimate of drug-likeness (QED) is 0.354. The van der Waals surface area contributed by atoms with Gasteiger partial charge in [-0.3, -0.25) is 15.0 Å². The van der Waals surface area contributed by atoms with Crippen LogP contribution in [0.15, 0.2) is 124 Å². The second-order valence-electron chi connectivity index (χ2n) is 7.31. The van der Waals surface area contributed by atoms with Crippen LogP contribution in [0.4, 0.5) is 0 Å². The van der Waals surface area contributed by atoms with Gasteiger partial charge in [-0.2, -0.15) is 0 Å². The van der Waals surface area contributed by atoms with E-state index in [4.69, 9.17) is 19.9 Å². The molecule has 170 valence electrons. The third-order valence-corrected chi connectivity index (χ3v) is 10.3. The summed E-state index contributed by atoms with van der Waals surface area (Å²) in [5.74, 6) is 0.510. The average Bonchev–Trinajstić information content (AvgIpc) is 3.58. The van der Waals surface area contributed by atoms with Crippen molar-refractivity contribution in [3.05, 3.63) is 116 Å². The molecule has 0 spiro atoms. The van der Waals surface area contributed by atoms with Crippen molar-refractivity contribution in [2.45, 2.75) is 15.1 Å². The zero-order valence-corrected chi connectivity index (χ0v) is 19.9. The number of hydrogen-bond donors (Lipinski definition) is 1. The first-order valence-corrected chi connectivity index (χ1v) is 13.2. The van der Waals surface area contributed by atoms with Crippen molar-refractivity contribution in [3.8, 4) is 0 Å². The third kappa shape index (κ3) is 3.72. The Balaban J connectivity index is 1.72. The van der Waals surface area contributed by atoms with Crippen LogP contribution in [0.3, 0.4) is 0 Å². The molecule has 0 saturated carbocycles. The molecule has 0 radical (unpaired) electrons. The van der Waals surface area contributed by atoms with Crippen LogP contribution in [-0.4, -0.2) is 39.3 Å². The molecule has 8 nitrogen and oxygen atoms in total. The number of pyridine rings is 1. The van der Waals surface area contributed by atoms with E-state index >= 15 is 0 Å². The molecule has 0 aliphatic carbocycles. The maximum absolute atomic E-state index is 5.20. The molecule has 0 saturated heterocycles. The first kappa shape index (κ1) is 21.4. The van der Waals surface area contributed by atoms with Crippen molar-refractivity contribution in [2.75, 3.05) is 0 Å². The first-order chi connectivity index (χ1) is 17.4. The lowest BCUT2D eigenvalue weighted by atomic mass is 10.3. The van der Waals surface area contributed by atoms with Gasteiger partial charge in [0.2, 0.25) is 0 Å². The summed E-state index contributed by atoms with van der Waals surface area (Å²) < 4.78 is 0.848. The van der Waals surface area contributed by atoms with Gasteiger partial charge in [-0.25, -0.2) is 19.9 Å². The van der Waals surface area contributed by atoms with Crippen LogP contribution in [0.25, 0.3) is 10.6 Å². The van der Waals surface area contributed by atoms with Gasteiger partial charge in [0.1, 0.15) is 10.1 Å². The number of hydrogen-bond acceptors (Lipinski definition) is 8. The molecule has 1 aromatic carbocycles. The van der Waals surface area contributed by atoms with E-state index in [0.717, 1.165) is 24.4 Å². The lowest BCUT2D eigenvalue weighted by molar-refractivity contribution is 1.03. The summed E-state index contributed by atoms with van der Waals surface area (Å²) in [6.45, 7) is 0. The SMILES string of the molecule is c1ccc(SC2=NC(c3ncccn3)=C(c3cnccn3)S2(c2ccccn2)c2ncc[nH]2)cc1. The Morgan fingerprint density at radius 1 is 0.714 bits per heavy atom. The van der Waals surface area contributed by atoms with E-state index in [-0.39, 0.29) is 0 Å². The summed E-state index contributed by atoms with van der Waals surface area (Å²) in [5, 5.41) is 1.59. The molecular formula is C25H18N8S2. The molecule has 1 aliphatic heterocycles. The molecule has 1 unspecified atom stereocenters. The second-order valence-corrected chi connectivity index (χ2v) is 11.5. The smallest absolute Gasteiger partial charge is 0.179 e. The number of aromatic amines is 1. The molecular weight excluding hydrogens is 476 g/mol. The number of nitrogens with one attached hydrogen (secondary N) is 1. The van der Waals surface area contributed by atoms with E-state index in [1.165, 1.54) is 0 Å². The molecule has 1 aliphatic rings. The fourth-order valence-corrected chi connectivity index (χ4v) is 9.13. The van der Waals surface area contributed by atoms with Gasteiger partial charge < -0.3 is 4.98 Å². The lowest BCUT2D eigenvalue weighted by Gasteiger charge is -2.36. The van der Waals surface area contributed by atoms with Crippen LogP contribution in [0.5, 0.6) is 0 Å². The standard InChI is InChI=1S/C25H18N8S2/c1-2-7-18(8-3-1)34-25-33-21(23-29-11-6-12-30-23)22(19-17-26-13-14-27-19)35(25,24-31-15-16-32-24)20-9-4-5-10-28-20/h1-17H,(H,31,32). The van der Waals surface area contributed by atoms with Gasteiger partial charge in [-0.05, 0) is 30.3 Å². The van der Waals surface area contributed by atoms with Crippen molar-refractivity contribution < 1.29 is 0 Å². The molecule has 1 atom stereocenters. The average molecular weight is 495 g/mol. The van der Waals surface area contributed by atoms with E-state index in [9.17, 15) is 0 Å². The minimum absolute atomic E-state index is 0.510. The zero-order valence-electron chi connectivity index (χ0n) is 18.3. The zero-order chi connectivity index (χ0) is 23.5. The Morgan fingerprint density at radius 3 is 2.26 bits per heavy atom. The van der Waals surface area contributed by atoms with Crippen molar-refractivity contribution >= 4 is 36.8 Å². The number of benzene rings is 1. The van der Waals surface area contributed by atoms with Gasteiger partial charge >= 0.3 is 0 Å². The molecule has 6 rings (SSSR count). The van der Waals surface area contributed by atoms with E-state index in [0.29, 0.717) is 17.2 Å². The molecule has 1 N–H and O–H groups in total. The normalized spacial score (nSPS) is 19.3. The maximum atomic E-state index is 5.20. The highest BCUT2D eigenvalue weighted by atomic mass is 32.3. The third-order valence-electron chi connectivity index (χ3n) is 5.22. The highest BCUT2D eigenvalue weighted by Gasteiger charge is 2.49. The lowest BCUT2D eigenvalue weighted by Crippen LogP contribution is -2.14. The van der Waals surface area contributed by atoms with Crippen molar-refractivity contribution in [2.24, 2.45) is 4.99 Å². The molecule has 0 amide bonds. The van der Waals surface area contributed by atoms with Gasteiger partial charge in [0.15, 0.2) is 11.0 Å². The summed E-state index contributed by atoms with van der Waals surface area (Å²) >= 11 is 1.59. The van der Waals surface area contributed by atoms with Crippen molar-refractivity contribution in [3.63, 3.8) is 0 Å². The first-order valence-electron chi connectivity index (χ1n) is 10.7. The molecule has 35 heavy (non-hydrogen) atoms. The fourth-order valence-electron chi connectivity index (χ4n) is 3.80. The second kappa shape index (κ2) is 9.24. The largest absolute Gasteiger partial charge is 0.340 e. The molecule has 0 fully saturated rings. The van der Waals surface area contributed by atoms with Gasteiger partial charge in [0, 0.05) is 48.3 Å². The Labute approximate surface area is 207 Å². The van der Waals surface area contributed by atoms with Gasteiger partial charge in [0.25, 0.3) is 0 Å². The van der Waals surface area contributed by atoms with Gasteiger partial charge in [0.05, 0.1) is 21.8 Å². The summed E-state index contributed by atoms with van der Waals surface area (Å²) in [7, 11) is -2.27. The van der Waals surface area contributed by atoms with Crippen molar-refractivity contribution in [1.82, 2.24) is 34.9 Å². The van der Waals surface area contributed by atoms with Crippen LogP contribution in [0, 0.1) is 0 Å². The van der Waals surface area contributed by atoms with Crippen LogP contribution >= 0.6 is 21.8 Å². The number of aliphatic imine (C=N–C) groups is 1. The Morgan fingerprint density at radius 2 is 1.54 bits per heavy atom. The molecule has 5 aromatic rings. The highest BCUT2D eigenvalue weighted by molar-refractivity contribution is 8.62. The number of thioether (sulfide) groups is 1. The number of rotatable bonds is 5. The van der Waals surface area contributed by atoms with E-state index in [1.54, 1.807) is 61.2 Å². The predicted molar refractivity (Wildman–Crippen MR) is 138 cm³/mol. The van der Waals surface area contributed by atoms with Gasteiger partial charge in [-0.15, -0.1) is 0 Å². The number of imidazole rings is 1. The van der Waals surface area contributed by atoms with E-state index in [1.807, 2.05) is 42.6 Å². The topological polar surface area (TPSA) is 105 Å². The molecule has 10 heteroatoms. The van der Waals surface area contributed by atoms with Crippen LogP contribution < -0.4 is 0 Å². The fraction of sp³-hybridized carbons (Fsp3) is 0. The Hall–Kier alpha value is -4.15. The minimum atomic E-state index is -2.27. The number of aromatic nitrogens is 7. The van der Waals surface area contributed by atoms with E-state index < -0.39 is 10.0 Å². The summed E-state index contributed by atoms with van der Waals surface area (Å²) in [6, 6.07) is 17.9. The summed E-state index contributed by atoms with van der Waals surface area (Å²) in [5.41, 5.74) is 1.32. The Bertz CT molecular complexity index is 1490. The monoisotopic (exact) mass is 494 g/mol. The predicted octanol–water partition coefficient (Wildman–Crippen LogP) is 5.30. The summed E-state index contributed by atoms with van der Waals surface area (Å²) in [6.07, 6.45) is 13.9. The number of nitrogens with zero attached hydrogens (tertiary/aromatic N) is 7. The maximum Gasteiger partial charge on any atom is 0.179 e. The van der Waals surface area contributed by atoms with E-state index in [2.05, 4.69) is 32.1 Å². The van der Waals surface area contributed by atoms with Crippen LogP contribution in [0.1, 0.15) is 11.5 Å². The van der Waals surface area contributed by atoms with Crippen LogP contribution in [-0.2, 0) is 0 Å². The number of H-pyrrole nitrogens is 1. The molecule has 0 bridgehead atoms. The van der Waals surface area contributed by atoms with Crippen LogP contribution in [0.2, 0.25) is 0 Å². The summed E-state index contributed by atoms with van der Waals surface area (Å²) in [4.78, 5) is 38.3. The molecule has 4 aromatic heterocycles. The Kier molecular flexibility index (Phi) is 5.65. The van der Waals surface area contributed by atoms with Crippen molar-refractivity contribution in [1.29, 1.82) is 0 Å². The highest BCUT2D eigenvalue weighted by Crippen LogP contribution is 2.76. The minimum Gasteiger partial charge on any atom is -0.340 e. The molecule has 5 heterocycles.